The summed E-state index contributed by atoms with van der Waals surface area (Å²) in [6.45, 7) is 2.43. The van der Waals surface area contributed by atoms with E-state index in [0.717, 1.165) is 4.90 Å². The molecule has 0 aromatic heterocycles. The number of rotatable bonds is 6. The maximum atomic E-state index is 13.2. The van der Waals surface area contributed by atoms with Gasteiger partial charge in [-0.25, -0.2) is 9.59 Å². The molecule has 3 aliphatic rings. The summed E-state index contributed by atoms with van der Waals surface area (Å²) in [5, 5.41) is 19.8. The van der Waals surface area contributed by atoms with E-state index in [-0.39, 0.29) is 62.7 Å². The standard InChI is InChI=1S/C22H27BN4O8/c1-2-25-6-7-27(19(30)18(25)29)21(33)26-11-22(10-24,12-26)16(28)9-14-8-13-4-3-5-15(20(31)32)17(13)35-23(14)34/h3-5,14,34H,2,6-12,24H2,1H3,(H,31,32)/t14-/m1/s1. The van der Waals surface area contributed by atoms with Crippen molar-refractivity contribution in [2.75, 3.05) is 39.3 Å². The van der Waals surface area contributed by atoms with Gasteiger partial charge in [-0.05, 0) is 25.0 Å². The van der Waals surface area contributed by atoms with Crippen molar-refractivity contribution in [2.45, 2.75) is 25.6 Å². The van der Waals surface area contributed by atoms with Gasteiger partial charge in [-0.2, -0.15) is 0 Å². The number of piperazine rings is 1. The number of carbonyl (C=O) groups is 5. The van der Waals surface area contributed by atoms with Crippen molar-refractivity contribution in [1.29, 1.82) is 0 Å². The number of Topliss-reactive ketones (excluding diaryl/α,β-unsaturated/α-hetero) is 1. The van der Waals surface area contributed by atoms with E-state index in [9.17, 15) is 34.1 Å². The van der Waals surface area contributed by atoms with Crippen LogP contribution >= 0.6 is 0 Å². The highest BCUT2D eigenvalue weighted by Gasteiger charge is 2.53. The first-order valence-electron chi connectivity index (χ1n) is 11.4. The molecule has 3 aliphatic heterocycles. The van der Waals surface area contributed by atoms with Crippen molar-refractivity contribution in [1.82, 2.24) is 14.7 Å². The Kier molecular flexibility index (Phi) is 6.56. The summed E-state index contributed by atoms with van der Waals surface area (Å²) in [5.41, 5.74) is 5.39. The Labute approximate surface area is 201 Å². The maximum absolute atomic E-state index is 13.2. The molecular weight excluding hydrogens is 459 g/mol. The Bertz CT molecular complexity index is 1090. The zero-order valence-electron chi connectivity index (χ0n) is 19.3. The highest BCUT2D eigenvalue weighted by molar-refractivity contribution is 6.47. The van der Waals surface area contributed by atoms with Gasteiger partial charge in [-0.1, -0.05) is 12.1 Å². The number of imide groups is 1. The maximum Gasteiger partial charge on any atom is 0.526 e. The number of para-hydroxylation sites is 1. The van der Waals surface area contributed by atoms with Crippen LogP contribution in [0.4, 0.5) is 4.79 Å². The van der Waals surface area contributed by atoms with Crippen LogP contribution in [0.3, 0.4) is 0 Å². The summed E-state index contributed by atoms with van der Waals surface area (Å²) < 4.78 is 5.46. The van der Waals surface area contributed by atoms with E-state index in [1.165, 1.54) is 15.9 Å². The van der Waals surface area contributed by atoms with Crippen molar-refractivity contribution in [3.8, 4) is 5.75 Å². The third kappa shape index (κ3) is 4.25. The molecule has 4 amide bonds. The van der Waals surface area contributed by atoms with Crippen LogP contribution in [0.25, 0.3) is 0 Å². The highest BCUT2D eigenvalue weighted by Crippen LogP contribution is 2.40. The summed E-state index contributed by atoms with van der Waals surface area (Å²) >= 11 is 0. The molecule has 0 aliphatic carbocycles. The molecule has 4 N–H and O–H groups in total. The number of hydrogen-bond acceptors (Lipinski definition) is 8. The summed E-state index contributed by atoms with van der Waals surface area (Å²) in [4.78, 5) is 65.5. The molecule has 12 nitrogen and oxygen atoms in total. The summed E-state index contributed by atoms with van der Waals surface area (Å²) in [5.74, 6) is -3.58. The van der Waals surface area contributed by atoms with Crippen LogP contribution in [0.15, 0.2) is 18.2 Å². The predicted molar refractivity (Wildman–Crippen MR) is 122 cm³/mol. The lowest BCUT2D eigenvalue weighted by atomic mass is 9.61. The number of carboxylic acid groups (broad SMARTS) is 1. The predicted octanol–water partition coefficient (Wildman–Crippen LogP) is -0.799. The number of ketones is 1. The quantitative estimate of drug-likeness (QED) is 0.344. The number of carbonyl (C=O) groups excluding carboxylic acids is 4. The Morgan fingerprint density at radius 1 is 1.20 bits per heavy atom. The lowest BCUT2D eigenvalue weighted by molar-refractivity contribution is -0.154. The van der Waals surface area contributed by atoms with E-state index in [1.807, 2.05) is 0 Å². The molecule has 35 heavy (non-hydrogen) atoms. The number of carboxylic acids is 1. The number of aromatic carboxylic acids is 1. The second kappa shape index (κ2) is 9.31. The smallest absolute Gasteiger partial charge is 0.526 e. The summed E-state index contributed by atoms with van der Waals surface area (Å²) in [6.07, 6.45) is 0.161. The SMILES string of the molecule is CCN1CCN(C(=O)N2CC(CN)(C(=O)C[C@H]3Cc4cccc(C(=O)O)c4OB3O)C2)C(=O)C1=O. The lowest BCUT2D eigenvalue weighted by Crippen LogP contribution is -2.69. The minimum Gasteiger partial charge on any atom is -0.535 e. The third-order valence-corrected chi connectivity index (χ3v) is 7.06. The molecule has 0 bridgehead atoms. The molecule has 1 aromatic rings. The van der Waals surface area contributed by atoms with E-state index in [1.54, 1.807) is 19.1 Å². The van der Waals surface area contributed by atoms with Crippen LogP contribution in [0.2, 0.25) is 5.82 Å². The number of benzene rings is 1. The fourth-order valence-corrected chi connectivity index (χ4v) is 4.85. The minimum absolute atomic E-state index is 0.0000505. The van der Waals surface area contributed by atoms with Gasteiger partial charge in [0.2, 0.25) is 0 Å². The normalized spacial score (nSPS) is 21.3. The van der Waals surface area contributed by atoms with Crippen LogP contribution in [0.5, 0.6) is 5.75 Å². The Morgan fingerprint density at radius 2 is 1.91 bits per heavy atom. The first kappa shape index (κ1) is 24.7. The van der Waals surface area contributed by atoms with Gasteiger partial charge in [-0.3, -0.25) is 19.3 Å². The van der Waals surface area contributed by atoms with Gasteiger partial charge in [-0.15, -0.1) is 0 Å². The van der Waals surface area contributed by atoms with Crippen molar-refractivity contribution < 1.29 is 38.8 Å². The van der Waals surface area contributed by atoms with E-state index < -0.39 is 42.2 Å². The molecular formula is C22H27BN4O8. The average molecular weight is 486 g/mol. The number of amides is 4. The van der Waals surface area contributed by atoms with Crippen molar-refractivity contribution >= 4 is 36.7 Å². The van der Waals surface area contributed by atoms with Gasteiger partial charge in [0.1, 0.15) is 11.5 Å². The summed E-state index contributed by atoms with van der Waals surface area (Å²) in [7, 11) is -1.38. The van der Waals surface area contributed by atoms with Gasteiger partial charge >= 0.3 is 30.9 Å². The zero-order valence-corrected chi connectivity index (χ0v) is 19.3. The molecule has 186 valence electrons. The molecule has 2 saturated heterocycles. The molecule has 1 atom stereocenters. The molecule has 13 heteroatoms. The van der Waals surface area contributed by atoms with Crippen LogP contribution in [0, 0.1) is 5.41 Å². The topological polar surface area (TPSA) is 171 Å². The number of hydrogen-bond donors (Lipinski definition) is 3. The van der Waals surface area contributed by atoms with Crippen LogP contribution < -0.4 is 10.4 Å². The van der Waals surface area contributed by atoms with Gasteiger partial charge in [0.25, 0.3) is 0 Å². The second-order valence-electron chi connectivity index (χ2n) is 9.16. The molecule has 0 saturated carbocycles. The van der Waals surface area contributed by atoms with E-state index in [2.05, 4.69) is 0 Å². The fourth-order valence-electron chi connectivity index (χ4n) is 4.85. The Balaban J connectivity index is 1.40. The van der Waals surface area contributed by atoms with E-state index >= 15 is 0 Å². The largest absolute Gasteiger partial charge is 0.535 e. The number of fused-ring (bicyclic) bond motifs is 1. The Morgan fingerprint density at radius 3 is 2.54 bits per heavy atom. The number of urea groups is 1. The van der Waals surface area contributed by atoms with Crippen molar-refractivity contribution in [3.63, 3.8) is 0 Å². The zero-order chi connectivity index (χ0) is 25.5. The van der Waals surface area contributed by atoms with Crippen LogP contribution in [-0.4, -0.2) is 101 Å². The van der Waals surface area contributed by atoms with Gasteiger partial charge in [0, 0.05) is 51.5 Å². The van der Waals surface area contributed by atoms with Crippen LogP contribution in [0.1, 0.15) is 29.3 Å². The second-order valence-corrected chi connectivity index (χ2v) is 9.16. The van der Waals surface area contributed by atoms with Gasteiger partial charge in [0.15, 0.2) is 0 Å². The lowest BCUT2D eigenvalue weighted by Gasteiger charge is -2.50. The molecule has 1 aromatic carbocycles. The molecule has 0 spiro atoms. The molecule has 0 unspecified atom stereocenters. The molecule has 3 heterocycles. The van der Waals surface area contributed by atoms with E-state index in [4.69, 9.17) is 10.4 Å². The first-order valence-corrected chi connectivity index (χ1v) is 11.4. The van der Waals surface area contributed by atoms with Gasteiger partial charge in [0.05, 0.1) is 11.0 Å². The number of likely N-dealkylation sites (N-methyl/N-ethyl adjacent to an activating group) is 1. The highest BCUT2D eigenvalue weighted by atomic mass is 16.5. The number of nitrogens with zero attached hydrogens (tertiary/aromatic N) is 3. The Hall–Kier alpha value is -3.45. The van der Waals surface area contributed by atoms with E-state index in [0.29, 0.717) is 12.1 Å². The molecule has 0 radical (unpaired) electrons. The fraction of sp³-hybridized carbons (Fsp3) is 0.500. The van der Waals surface area contributed by atoms with Crippen LogP contribution in [-0.2, 0) is 20.8 Å². The minimum atomic E-state index is -1.38. The number of likely N-dealkylation sites (tertiary alicyclic amines) is 1. The molecule has 4 rings (SSSR count). The molecule has 2 fully saturated rings. The first-order chi connectivity index (χ1) is 16.6. The van der Waals surface area contributed by atoms with Crippen molar-refractivity contribution in [3.05, 3.63) is 29.3 Å². The third-order valence-electron chi connectivity index (χ3n) is 7.06. The van der Waals surface area contributed by atoms with Gasteiger partial charge < -0.3 is 30.3 Å². The summed E-state index contributed by atoms with van der Waals surface area (Å²) in [6, 6.07) is 4.01. The average Bonchev–Trinajstić information content (AvgIpc) is 2.80. The van der Waals surface area contributed by atoms with Crippen molar-refractivity contribution in [2.24, 2.45) is 11.1 Å². The monoisotopic (exact) mass is 486 g/mol. The number of nitrogens with two attached hydrogens (primary N) is 1.